The number of nitrogens with two attached hydrogens (primary N) is 1. The van der Waals surface area contributed by atoms with Crippen molar-refractivity contribution in [2.45, 2.75) is 65.1 Å². The van der Waals surface area contributed by atoms with Gasteiger partial charge in [0.05, 0.1) is 13.0 Å². The first kappa shape index (κ1) is 26.3. The number of carbonyl (C=O) groups excluding carboxylic acids is 2. The third-order valence-electron chi connectivity index (χ3n) is 6.16. The first-order valence-electron chi connectivity index (χ1n) is 12.5. The first-order valence-corrected chi connectivity index (χ1v) is 12.5. The van der Waals surface area contributed by atoms with Gasteiger partial charge in [0.15, 0.2) is 0 Å². The lowest BCUT2D eigenvalue weighted by Crippen LogP contribution is -2.39. The van der Waals surface area contributed by atoms with Gasteiger partial charge in [-0.3, -0.25) is 14.9 Å². The van der Waals surface area contributed by atoms with Crippen molar-refractivity contribution in [1.29, 1.82) is 0 Å². The van der Waals surface area contributed by atoms with E-state index in [2.05, 4.69) is 41.7 Å². The Kier molecular flexibility index (Phi) is 9.78. The van der Waals surface area contributed by atoms with Crippen LogP contribution in [0.5, 0.6) is 0 Å². The van der Waals surface area contributed by atoms with Crippen molar-refractivity contribution in [1.82, 2.24) is 10.2 Å². The number of fused-ring (bicyclic) bond motifs is 1. The number of nitrogens with zero attached hydrogens (tertiary/aromatic N) is 3. The average molecular weight is 480 g/mol. The molecule has 0 radical (unpaired) electrons. The molecule has 1 aliphatic heterocycles. The van der Waals surface area contributed by atoms with E-state index < -0.39 is 0 Å². The number of carbonyl (C=O) groups is 2. The number of benzene rings is 1. The molecular weight excluding hydrogens is 442 g/mol. The smallest absolute Gasteiger partial charge is 0.310 e. The molecule has 8 heteroatoms. The van der Waals surface area contributed by atoms with Crippen molar-refractivity contribution in [3.8, 4) is 0 Å². The Morgan fingerprint density at radius 1 is 1.14 bits per heavy atom. The van der Waals surface area contributed by atoms with Gasteiger partial charge in [0.25, 0.3) is 0 Å². The van der Waals surface area contributed by atoms with E-state index in [4.69, 9.17) is 10.6 Å². The van der Waals surface area contributed by atoms with Gasteiger partial charge in [-0.25, -0.2) is 0 Å². The molecule has 0 saturated heterocycles. The summed E-state index contributed by atoms with van der Waals surface area (Å²) in [7, 11) is 0. The number of hydrogen-bond acceptors (Lipinski definition) is 6. The lowest BCUT2D eigenvalue weighted by atomic mass is 9.88. The lowest BCUT2D eigenvalue weighted by molar-refractivity contribution is -0.142. The van der Waals surface area contributed by atoms with E-state index in [0.717, 1.165) is 60.2 Å². The van der Waals surface area contributed by atoms with Gasteiger partial charge in [-0.1, -0.05) is 55.5 Å². The van der Waals surface area contributed by atoms with Crippen molar-refractivity contribution < 1.29 is 14.3 Å². The number of allylic oxidation sites excluding steroid dienone is 2. The molecule has 0 spiro atoms. The summed E-state index contributed by atoms with van der Waals surface area (Å²) in [5.41, 5.74) is 4.88. The largest absolute Gasteiger partial charge is 0.466 e. The van der Waals surface area contributed by atoms with E-state index in [1.54, 1.807) is 6.92 Å². The van der Waals surface area contributed by atoms with Crippen LogP contribution >= 0.6 is 0 Å². The van der Waals surface area contributed by atoms with Gasteiger partial charge in [0.1, 0.15) is 6.17 Å². The molecule has 1 aromatic rings. The van der Waals surface area contributed by atoms with Crippen LogP contribution < -0.4 is 11.2 Å². The van der Waals surface area contributed by atoms with Crippen LogP contribution in [0.4, 0.5) is 0 Å². The van der Waals surface area contributed by atoms with Gasteiger partial charge in [-0.2, -0.15) is 5.11 Å². The number of esters is 1. The van der Waals surface area contributed by atoms with E-state index in [-0.39, 0.29) is 30.5 Å². The fourth-order valence-electron chi connectivity index (χ4n) is 4.62. The van der Waals surface area contributed by atoms with E-state index in [0.29, 0.717) is 13.0 Å². The maximum atomic E-state index is 13.4. The van der Waals surface area contributed by atoms with Gasteiger partial charge in [0.2, 0.25) is 5.91 Å². The standard InChI is InChI=1S/C27H37N5O3/c1-4-12-32(13-5-2)27(34)23-16-22-11-10-21(17-24(22)29-25(18-23)30-31-28)20-9-7-8-19(14-20)15-26(33)35-6-3/h7-11,14,16,24-25,29H,4-6,12-13,15,17-18H2,1-3H3,(H2,28,30). The highest BCUT2D eigenvalue weighted by Gasteiger charge is 2.30. The Balaban J connectivity index is 1.89. The summed E-state index contributed by atoms with van der Waals surface area (Å²) in [6.07, 6.45) is 9.01. The number of amides is 1. The zero-order valence-corrected chi connectivity index (χ0v) is 21.0. The number of nitrogens with one attached hydrogen (secondary N) is 1. The van der Waals surface area contributed by atoms with E-state index >= 15 is 0 Å². The van der Waals surface area contributed by atoms with Gasteiger partial charge in [-0.15, -0.1) is 0 Å². The molecule has 2 atom stereocenters. The summed E-state index contributed by atoms with van der Waals surface area (Å²) >= 11 is 0. The topological polar surface area (TPSA) is 109 Å². The molecule has 2 unspecified atom stereocenters. The third-order valence-corrected chi connectivity index (χ3v) is 6.16. The Labute approximate surface area is 208 Å². The molecule has 0 aromatic heterocycles. The third kappa shape index (κ3) is 7.11. The molecule has 3 rings (SSSR count). The summed E-state index contributed by atoms with van der Waals surface area (Å²) in [4.78, 5) is 27.2. The fourth-order valence-corrected chi connectivity index (χ4v) is 4.62. The second kappa shape index (κ2) is 13.0. The summed E-state index contributed by atoms with van der Waals surface area (Å²) < 4.78 is 5.09. The first-order chi connectivity index (χ1) is 17.0. The van der Waals surface area contributed by atoms with E-state index in [1.165, 1.54) is 0 Å². The Morgan fingerprint density at radius 3 is 2.60 bits per heavy atom. The predicted molar refractivity (Wildman–Crippen MR) is 137 cm³/mol. The van der Waals surface area contributed by atoms with Gasteiger partial charge < -0.3 is 15.5 Å². The molecule has 3 N–H and O–H groups in total. The van der Waals surface area contributed by atoms with Crippen molar-refractivity contribution in [3.63, 3.8) is 0 Å². The van der Waals surface area contributed by atoms with Gasteiger partial charge in [-0.05, 0) is 54.5 Å². The highest BCUT2D eigenvalue weighted by atomic mass is 16.5. The maximum absolute atomic E-state index is 13.4. The highest BCUT2D eigenvalue weighted by Crippen LogP contribution is 2.32. The van der Waals surface area contributed by atoms with Crippen molar-refractivity contribution >= 4 is 17.4 Å². The molecule has 1 aliphatic carbocycles. The van der Waals surface area contributed by atoms with Crippen LogP contribution in [0.1, 0.15) is 57.6 Å². The Morgan fingerprint density at radius 2 is 1.91 bits per heavy atom. The normalized spacial score (nSPS) is 19.8. The minimum Gasteiger partial charge on any atom is -0.466 e. The van der Waals surface area contributed by atoms with Crippen molar-refractivity contribution in [2.24, 2.45) is 16.2 Å². The number of ether oxygens (including phenoxy) is 1. The predicted octanol–water partition coefficient (Wildman–Crippen LogP) is 4.09. The summed E-state index contributed by atoms with van der Waals surface area (Å²) in [6.45, 7) is 7.81. The summed E-state index contributed by atoms with van der Waals surface area (Å²) in [6, 6.07) is 7.95. The zero-order chi connectivity index (χ0) is 25.2. The van der Waals surface area contributed by atoms with Crippen LogP contribution in [0.3, 0.4) is 0 Å². The molecule has 0 bridgehead atoms. The highest BCUT2D eigenvalue weighted by molar-refractivity contribution is 5.94. The van der Waals surface area contributed by atoms with E-state index in [9.17, 15) is 9.59 Å². The molecule has 188 valence electrons. The molecule has 35 heavy (non-hydrogen) atoms. The SMILES string of the molecule is CCCN(CCC)C(=O)C1=CC2=CC=C(c3cccc(CC(=O)OCC)c3)CC2NC(N=NN)C1. The van der Waals surface area contributed by atoms with Crippen LogP contribution in [0.15, 0.2) is 64.0 Å². The summed E-state index contributed by atoms with van der Waals surface area (Å²) in [5.74, 6) is 5.21. The molecule has 8 nitrogen and oxygen atoms in total. The van der Waals surface area contributed by atoms with Crippen LogP contribution in [-0.4, -0.2) is 48.7 Å². The second-order valence-electron chi connectivity index (χ2n) is 8.88. The van der Waals surface area contributed by atoms with Crippen LogP contribution in [0, 0.1) is 0 Å². The minimum atomic E-state index is -0.384. The van der Waals surface area contributed by atoms with Crippen LogP contribution in [0.25, 0.3) is 5.57 Å². The monoisotopic (exact) mass is 479 g/mol. The van der Waals surface area contributed by atoms with Crippen molar-refractivity contribution in [2.75, 3.05) is 19.7 Å². The zero-order valence-electron chi connectivity index (χ0n) is 21.0. The molecule has 1 heterocycles. The number of rotatable bonds is 10. The summed E-state index contributed by atoms with van der Waals surface area (Å²) in [5, 5.41) is 11.2. The molecule has 0 saturated carbocycles. The molecule has 1 aromatic carbocycles. The Bertz CT molecular complexity index is 1020. The van der Waals surface area contributed by atoms with E-state index in [1.807, 2.05) is 35.2 Å². The van der Waals surface area contributed by atoms with Gasteiger partial charge >= 0.3 is 5.97 Å². The lowest BCUT2D eigenvalue weighted by Gasteiger charge is -2.25. The number of hydrogen-bond donors (Lipinski definition) is 2. The molecule has 2 aliphatic rings. The second-order valence-corrected chi connectivity index (χ2v) is 8.88. The van der Waals surface area contributed by atoms with Crippen LogP contribution in [0.2, 0.25) is 0 Å². The molecule has 1 amide bonds. The molecule has 0 fully saturated rings. The minimum absolute atomic E-state index is 0.0321. The maximum Gasteiger partial charge on any atom is 0.310 e. The van der Waals surface area contributed by atoms with Crippen molar-refractivity contribution in [3.05, 3.63) is 64.8 Å². The van der Waals surface area contributed by atoms with Crippen LogP contribution in [-0.2, 0) is 20.7 Å². The van der Waals surface area contributed by atoms with Gasteiger partial charge in [0, 0.05) is 31.1 Å². The molecular formula is C27H37N5O3. The Hall–Kier alpha value is -3.26. The fraction of sp³-hybridized carbons (Fsp3) is 0.481. The average Bonchev–Trinajstić information content (AvgIpc) is 3.02. The quantitative estimate of drug-likeness (QED) is 0.227.